The highest BCUT2D eigenvalue weighted by molar-refractivity contribution is 7.14. The molecule has 0 unspecified atom stereocenters. The molecule has 3 heterocycles. The summed E-state index contributed by atoms with van der Waals surface area (Å²) in [6.45, 7) is 5.91. The summed E-state index contributed by atoms with van der Waals surface area (Å²) < 4.78 is 15.1. The van der Waals surface area contributed by atoms with E-state index in [9.17, 15) is 14.0 Å². The van der Waals surface area contributed by atoms with E-state index in [1.165, 1.54) is 23.5 Å². The van der Waals surface area contributed by atoms with Crippen LogP contribution in [0.5, 0.6) is 0 Å². The number of hydrogen-bond acceptors (Lipinski definition) is 5. The van der Waals surface area contributed by atoms with Gasteiger partial charge in [0.2, 0.25) is 11.9 Å². The summed E-state index contributed by atoms with van der Waals surface area (Å²) in [4.78, 5) is 32.2. The number of anilines is 1. The molecule has 0 spiro atoms. The number of aromatic nitrogens is 3. The fraction of sp³-hybridized carbons (Fsp3) is 0.263. The number of carbonyl (C=O) groups excluding carboxylic acids is 2. The summed E-state index contributed by atoms with van der Waals surface area (Å²) in [5.41, 5.74) is 1.20. The molecular weight excluding hydrogens is 381 g/mol. The van der Waals surface area contributed by atoms with Crippen LogP contribution in [0.1, 0.15) is 31.1 Å². The number of nitrogens with one attached hydrogen (secondary N) is 2. The minimum absolute atomic E-state index is 0.130. The highest BCUT2D eigenvalue weighted by Gasteiger charge is 2.16. The van der Waals surface area contributed by atoms with Crippen LogP contribution in [-0.2, 0) is 10.3 Å². The monoisotopic (exact) mass is 401 g/mol. The Labute approximate surface area is 165 Å². The van der Waals surface area contributed by atoms with Gasteiger partial charge in [-0.2, -0.15) is 4.39 Å². The zero-order valence-electron chi connectivity index (χ0n) is 15.7. The zero-order chi connectivity index (χ0) is 20.3. The van der Waals surface area contributed by atoms with Gasteiger partial charge < -0.3 is 15.2 Å². The smallest absolute Gasteiger partial charge is 0.253 e. The molecule has 0 radical (unpaired) electrons. The second kappa shape index (κ2) is 7.89. The SMILES string of the molecule is CC(C)(C)n1ccc(C(=O)NCC(=O)Nc2nc(-c3cccc(F)n3)cs2)c1. The third kappa shape index (κ3) is 4.80. The second-order valence-corrected chi connectivity index (χ2v) is 7.95. The first-order chi connectivity index (χ1) is 13.2. The second-order valence-electron chi connectivity index (χ2n) is 7.09. The van der Waals surface area contributed by atoms with Gasteiger partial charge in [-0.1, -0.05) is 6.07 Å². The lowest BCUT2D eigenvalue weighted by Gasteiger charge is -2.20. The molecule has 0 fully saturated rings. The maximum absolute atomic E-state index is 13.2. The quantitative estimate of drug-likeness (QED) is 0.642. The van der Waals surface area contributed by atoms with Crippen molar-refractivity contribution in [3.63, 3.8) is 0 Å². The van der Waals surface area contributed by atoms with Crippen molar-refractivity contribution in [2.75, 3.05) is 11.9 Å². The van der Waals surface area contributed by atoms with E-state index in [4.69, 9.17) is 0 Å². The number of thiazole rings is 1. The van der Waals surface area contributed by atoms with Gasteiger partial charge in [-0.05, 0) is 39.0 Å². The van der Waals surface area contributed by atoms with Crippen molar-refractivity contribution >= 4 is 28.3 Å². The minimum Gasteiger partial charge on any atom is -0.348 e. The standard InChI is InChI=1S/C19H20FN5O2S/c1-19(2,3)25-8-7-12(10-25)17(27)21-9-16(26)24-18-23-14(11-28-18)13-5-4-6-15(20)22-13/h4-8,10-11H,9H2,1-3H3,(H,21,27)(H,23,24,26). The van der Waals surface area contributed by atoms with E-state index in [-0.39, 0.29) is 18.0 Å². The number of nitrogens with zero attached hydrogens (tertiary/aromatic N) is 3. The van der Waals surface area contributed by atoms with Crippen molar-refractivity contribution in [1.82, 2.24) is 19.9 Å². The van der Waals surface area contributed by atoms with Gasteiger partial charge in [0.25, 0.3) is 5.91 Å². The fourth-order valence-electron chi connectivity index (χ4n) is 2.37. The minimum atomic E-state index is -0.598. The third-order valence-corrected chi connectivity index (χ3v) is 4.62. The van der Waals surface area contributed by atoms with Gasteiger partial charge >= 0.3 is 0 Å². The van der Waals surface area contributed by atoms with E-state index in [1.807, 2.05) is 31.5 Å². The summed E-state index contributed by atoms with van der Waals surface area (Å²) >= 11 is 1.19. The van der Waals surface area contributed by atoms with E-state index in [0.717, 1.165) is 0 Å². The fourth-order valence-corrected chi connectivity index (χ4v) is 3.09. The summed E-state index contributed by atoms with van der Waals surface area (Å²) in [6.07, 6.45) is 3.57. The first kappa shape index (κ1) is 19.7. The predicted molar refractivity (Wildman–Crippen MR) is 106 cm³/mol. The molecule has 3 aromatic rings. The Morgan fingerprint density at radius 2 is 1.96 bits per heavy atom. The lowest BCUT2D eigenvalue weighted by molar-refractivity contribution is -0.115. The number of amides is 2. The van der Waals surface area contributed by atoms with Crippen LogP contribution >= 0.6 is 11.3 Å². The van der Waals surface area contributed by atoms with Crippen LogP contribution < -0.4 is 10.6 Å². The molecule has 0 saturated carbocycles. The molecule has 7 nitrogen and oxygen atoms in total. The Balaban J connectivity index is 1.55. The molecule has 3 rings (SSSR count). The van der Waals surface area contributed by atoms with Gasteiger partial charge in [-0.25, -0.2) is 9.97 Å². The van der Waals surface area contributed by atoms with E-state index in [2.05, 4.69) is 20.6 Å². The zero-order valence-corrected chi connectivity index (χ0v) is 16.5. The van der Waals surface area contributed by atoms with E-state index >= 15 is 0 Å². The summed E-state index contributed by atoms with van der Waals surface area (Å²) in [7, 11) is 0. The van der Waals surface area contributed by atoms with Gasteiger partial charge in [-0.15, -0.1) is 11.3 Å². The third-order valence-electron chi connectivity index (χ3n) is 3.87. The van der Waals surface area contributed by atoms with Crippen molar-refractivity contribution in [2.24, 2.45) is 0 Å². The summed E-state index contributed by atoms with van der Waals surface area (Å²) in [5, 5.41) is 7.21. The summed E-state index contributed by atoms with van der Waals surface area (Å²) in [5.74, 6) is -1.34. The van der Waals surface area contributed by atoms with E-state index in [0.29, 0.717) is 22.1 Å². The average molecular weight is 401 g/mol. The number of rotatable bonds is 5. The van der Waals surface area contributed by atoms with Crippen molar-refractivity contribution in [1.29, 1.82) is 0 Å². The van der Waals surface area contributed by atoms with Crippen molar-refractivity contribution in [3.05, 3.63) is 53.6 Å². The van der Waals surface area contributed by atoms with Gasteiger partial charge in [-0.3, -0.25) is 9.59 Å². The van der Waals surface area contributed by atoms with E-state index in [1.54, 1.807) is 23.7 Å². The average Bonchev–Trinajstić information content (AvgIpc) is 3.29. The molecule has 146 valence electrons. The Kier molecular flexibility index (Phi) is 5.55. The maximum atomic E-state index is 13.2. The maximum Gasteiger partial charge on any atom is 0.253 e. The van der Waals surface area contributed by atoms with Crippen molar-refractivity contribution in [2.45, 2.75) is 26.3 Å². The first-order valence-electron chi connectivity index (χ1n) is 8.57. The molecule has 0 aromatic carbocycles. The molecule has 0 saturated heterocycles. The Morgan fingerprint density at radius 1 is 1.18 bits per heavy atom. The molecule has 0 bridgehead atoms. The van der Waals surface area contributed by atoms with Crippen LogP contribution in [0.4, 0.5) is 9.52 Å². The molecule has 0 atom stereocenters. The highest BCUT2D eigenvalue weighted by Crippen LogP contribution is 2.23. The summed E-state index contributed by atoms with van der Waals surface area (Å²) in [6, 6.07) is 6.12. The Hall–Kier alpha value is -3.07. The lowest BCUT2D eigenvalue weighted by atomic mass is 10.1. The predicted octanol–water partition coefficient (Wildman–Crippen LogP) is 3.27. The number of halogens is 1. The molecule has 0 aliphatic heterocycles. The molecule has 0 aliphatic carbocycles. The largest absolute Gasteiger partial charge is 0.348 e. The highest BCUT2D eigenvalue weighted by atomic mass is 32.1. The van der Waals surface area contributed by atoms with Crippen LogP contribution in [0.25, 0.3) is 11.4 Å². The number of pyridine rings is 1. The van der Waals surface area contributed by atoms with Crippen LogP contribution in [0, 0.1) is 5.95 Å². The molecule has 2 amide bonds. The van der Waals surface area contributed by atoms with Crippen molar-refractivity contribution in [3.8, 4) is 11.4 Å². The van der Waals surface area contributed by atoms with Gasteiger partial charge in [0.05, 0.1) is 17.8 Å². The van der Waals surface area contributed by atoms with Crippen molar-refractivity contribution < 1.29 is 14.0 Å². The lowest BCUT2D eigenvalue weighted by Crippen LogP contribution is -2.32. The first-order valence-corrected chi connectivity index (χ1v) is 9.45. The topological polar surface area (TPSA) is 88.9 Å². The van der Waals surface area contributed by atoms with Gasteiger partial charge in [0.15, 0.2) is 5.13 Å². The van der Waals surface area contributed by atoms with E-state index < -0.39 is 11.9 Å². The van der Waals surface area contributed by atoms with Crippen LogP contribution in [0.15, 0.2) is 42.0 Å². The molecule has 0 aliphatic rings. The van der Waals surface area contributed by atoms with Crippen LogP contribution in [0.3, 0.4) is 0 Å². The normalized spacial score (nSPS) is 11.3. The van der Waals surface area contributed by atoms with Gasteiger partial charge in [0.1, 0.15) is 5.69 Å². The molecule has 3 aromatic heterocycles. The Morgan fingerprint density at radius 3 is 2.64 bits per heavy atom. The van der Waals surface area contributed by atoms with Crippen LogP contribution in [-0.4, -0.2) is 32.9 Å². The molecule has 2 N–H and O–H groups in total. The van der Waals surface area contributed by atoms with Crippen LogP contribution in [0.2, 0.25) is 0 Å². The number of hydrogen-bond donors (Lipinski definition) is 2. The number of carbonyl (C=O) groups is 2. The molecule has 9 heteroatoms. The van der Waals surface area contributed by atoms with Gasteiger partial charge in [0, 0.05) is 23.3 Å². The molecular formula is C19H20FN5O2S. The Bertz CT molecular complexity index is 1010. The molecule has 28 heavy (non-hydrogen) atoms.